The zero-order valence-electron chi connectivity index (χ0n) is 14.7. The number of nitrogens with one attached hydrogen (secondary N) is 3. The summed E-state index contributed by atoms with van der Waals surface area (Å²) >= 11 is 2.17. The lowest BCUT2D eigenvalue weighted by Crippen LogP contribution is -2.36. The van der Waals surface area contributed by atoms with Gasteiger partial charge in [-0.15, -0.1) is 0 Å². The molecule has 2 rings (SSSR count). The van der Waals surface area contributed by atoms with Crippen LogP contribution >= 0.6 is 22.6 Å². The van der Waals surface area contributed by atoms with Gasteiger partial charge in [0.2, 0.25) is 5.91 Å². The van der Waals surface area contributed by atoms with Crippen molar-refractivity contribution >= 4 is 40.1 Å². The molecular formula is C19H20IN3O3. The smallest absolute Gasteiger partial charge is 0.269 e. The van der Waals surface area contributed by atoms with E-state index in [1.54, 1.807) is 32.2 Å². The van der Waals surface area contributed by atoms with Crippen molar-refractivity contribution in [3.05, 3.63) is 68.9 Å². The summed E-state index contributed by atoms with van der Waals surface area (Å²) in [4.78, 5) is 24.2. The number of anilines is 1. The van der Waals surface area contributed by atoms with Crippen LogP contribution in [0.4, 0.5) is 5.69 Å². The van der Waals surface area contributed by atoms with Crippen molar-refractivity contribution in [2.45, 2.75) is 13.8 Å². The van der Waals surface area contributed by atoms with Crippen LogP contribution in [0.1, 0.15) is 22.8 Å². The zero-order valence-corrected chi connectivity index (χ0v) is 16.9. The molecule has 0 atom stereocenters. The summed E-state index contributed by atoms with van der Waals surface area (Å²) in [5, 5.41) is 2.76. The quantitative estimate of drug-likeness (QED) is 0.347. The Labute approximate surface area is 166 Å². The number of carbonyl (C=O) groups is 2. The first-order valence-electron chi connectivity index (χ1n) is 7.85. The molecule has 2 amide bonds. The van der Waals surface area contributed by atoms with E-state index in [9.17, 15) is 9.59 Å². The number of amides is 2. The van der Waals surface area contributed by atoms with Gasteiger partial charge in [-0.1, -0.05) is 6.07 Å². The Morgan fingerprint density at radius 2 is 1.77 bits per heavy atom. The van der Waals surface area contributed by atoms with Gasteiger partial charge in [-0.05, 0) is 78.4 Å². The molecular weight excluding hydrogens is 445 g/mol. The van der Waals surface area contributed by atoms with E-state index in [1.165, 1.54) is 6.08 Å². The molecule has 0 aromatic heterocycles. The van der Waals surface area contributed by atoms with E-state index in [2.05, 4.69) is 38.8 Å². The van der Waals surface area contributed by atoms with Gasteiger partial charge >= 0.3 is 0 Å². The second kappa shape index (κ2) is 9.23. The van der Waals surface area contributed by atoms with Crippen molar-refractivity contribution in [1.82, 2.24) is 10.9 Å². The number of benzene rings is 2. The number of aryl methyl sites for hydroxylation is 1. The number of rotatable bonds is 6. The van der Waals surface area contributed by atoms with Gasteiger partial charge in [0.05, 0.1) is 12.8 Å². The molecule has 3 N–H and O–H groups in total. The highest BCUT2D eigenvalue weighted by atomic mass is 127. The summed E-state index contributed by atoms with van der Waals surface area (Å²) in [5.74, 6) is -0.0349. The maximum Gasteiger partial charge on any atom is 0.269 e. The standard InChI is InChI=1S/C19H20IN3O3/c1-12-4-9-17(26-3)16(10-12)21-18(24)11-13(2)22-23-19(25)14-5-7-15(20)8-6-14/h4-11,22H,1-3H3,(H,21,24)(H,23,25). The van der Waals surface area contributed by atoms with Crippen LogP contribution in [0, 0.1) is 10.5 Å². The zero-order chi connectivity index (χ0) is 19.1. The molecule has 0 fully saturated rings. The van der Waals surface area contributed by atoms with Crippen LogP contribution in [0.3, 0.4) is 0 Å². The van der Waals surface area contributed by atoms with Crippen LogP contribution in [0.2, 0.25) is 0 Å². The number of carbonyl (C=O) groups excluding carboxylic acids is 2. The van der Waals surface area contributed by atoms with Crippen molar-refractivity contribution in [1.29, 1.82) is 0 Å². The molecule has 0 saturated heterocycles. The highest BCUT2D eigenvalue weighted by molar-refractivity contribution is 14.1. The van der Waals surface area contributed by atoms with Gasteiger partial charge in [0.1, 0.15) is 5.75 Å². The Morgan fingerprint density at radius 3 is 2.42 bits per heavy atom. The second-order valence-electron chi connectivity index (χ2n) is 5.61. The summed E-state index contributed by atoms with van der Waals surface area (Å²) in [6.45, 7) is 3.61. The number of hydrogen-bond acceptors (Lipinski definition) is 4. The van der Waals surface area contributed by atoms with Gasteiger partial charge in [-0.3, -0.25) is 15.0 Å². The molecule has 0 aliphatic rings. The van der Waals surface area contributed by atoms with E-state index in [4.69, 9.17) is 4.74 Å². The molecule has 7 heteroatoms. The molecule has 0 heterocycles. The molecule has 136 valence electrons. The molecule has 0 aliphatic carbocycles. The maximum atomic E-state index is 12.2. The van der Waals surface area contributed by atoms with Gasteiger partial charge in [-0.2, -0.15) is 0 Å². The molecule has 26 heavy (non-hydrogen) atoms. The fraction of sp³-hybridized carbons (Fsp3) is 0.158. The summed E-state index contributed by atoms with van der Waals surface area (Å²) in [7, 11) is 1.54. The van der Waals surface area contributed by atoms with Crippen molar-refractivity contribution < 1.29 is 14.3 Å². The third-order valence-electron chi connectivity index (χ3n) is 3.44. The minimum absolute atomic E-state index is 0.282. The Kier molecular flexibility index (Phi) is 7.02. The van der Waals surface area contributed by atoms with Gasteiger partial charge in [0.25, 0.3) is 5.91 Å². The second-order valence-corrected chi connectivity index (χ2v) is 6.85. The third-order valence-corrected chi connectivity index (χ3v) is 4.16. The topological polar surface area (TPSA) is 79.5 Å². The van der Waals surface area contributed by atoms with Gasteiger partial charge < -0.3 is 15.5 Å². The number of halogens is 1. The third kappa shape index (κ3) is 5.76. The normalized spacial score (nSPS) is 10.8. The molecule has 2 aromatic rings. The van der Waals surface area contributed by atoms with E-state index >= 15 is 0 Å². The average molecular weight is 465 g/mol. The largest absolute Gasteiger partial charge is 0.495 e. The number of hydrogen-bond donors (Lipinski definition) is 3. The van der Waals surface area contributed by atoms with Crippen LogP contribution in [0.5, 0.6) is 5.75 Å². The number of methoxy groups -OCH3 is 1. The van der Waals surface area contributed by atoms with Gasteiger partial charge in [0, 0.05) is 20.9 Å². The van der Waals surface area contributed by atoms with Crippen molar-refractivity contribution in [2.24, 2.45) is 0 Å². The predicted molar refractivity (Wildman–Crippen MR) is 110 cm³/mol. The lowest BCUT2D eigenvalue weighted by atomic mass is 10.2. The van der Waals surface area contributed by atoms with E-state index < -0.39 is 0 Å². The molecule has 6 nitrogen and oxygen atoms in total. The first-order chi connectivity index (χ1) is 12.4. The summed E-state index contributed by atoms with van der Waals surface area (Å²) in [6, 6.07) is 12.7. The van der Waals surface area contributed by atoms with E-state index in [0.29, 0.717) is 22.7 Å². The monoisotopic (exact) mass is 465 g/mol. The van der Waals surface area contributed by atoms with Crippen molar-refractivity contribution in [3.63, 3.8) is 0 Å². The molecule has 0 radical (unpaired) electrons. The van der Waals surface area contributed by atoms with Crippen LogP contribution in [-0.2, 0) is 4.79 Å². The van der Waals surface area contributed by atoms with Gasteiger partial charge in [-0.25, -0.2) is 0 Å². The van der Waals surface area contributed by atoms with Crippen molar-refractivity contribution in [3.8, 4) is 5.75 Å². The summed E-state index contributed by atoms with van der Waals surface area (Å²) < 4.78 is 6.28. The number of ether oxygens (including phenoxy) is 1. The Balaban J connectivity index is 1.94. The lowest BCUT2D eigenvalue weighted by Gasteiger charge is -2.11. The first kappa shape index (κ1) is 19.8. The lowest BCUT2D eigenvalue weighted by molar-refractivity contribution is -0.112. The highest BCUT2D eigenvalue weighted by Crippen LogP contribution is 2.25. The number of hydrazine groups is 1. The summed E-state index contributed by atoms with van der Waals surface area (Å²) in [6.07, 6.45) is 1.36. The molecule has 0 unspecified atom stereocenters. The van der Waals surface area contributed by atoms with Crippen molar-refractivity contribution in [2.75, 3.05) is 12.4 Å². The molecule has 2 aromatic carbocycles. The Bertz CT molecular complexity index is 832. The SMILES string of the molecule is COc1ccc(C)cc1NC(=O)C=C(C)NNC(=O)c1ccc(I)cc1. The van der Waals surface area contributed by atoms with E-state index in [-0.39, 0.29) is 11.8 Å². The van der Waals surface area contributed by atoms with Gasteiger partial charge in [0.15, 0.2) is 0 Å². The minimum Gasteiger partial charge on any atom is -0.495 e. The van der Waals surface area contributed by atoms with E-state index in [1.807, 2.05) is 31.2 Å². The fourth-order valence-corrected chi connectivity index (χ4v) is 2.51. The molecule has 0 spiro atoms. The predicted octanol–water partition coefficient (Wildman–Crippen LogP) is 3.39. The van der Waals surface area contributed by atoms with Crippen LogP contribution in [0.15, 0.2) is 54.2 Å². The van der Waals surface area contributed by atoms with Crippen LogP contribution < -0.4 is 20.9 Å². The average Bonchev–Trinajstić information content (AvgIpc) is 2.60. The van der Waals surface area contributed by atoms with E-state index in [0.717, 1.165) is 9.13 Å². The first-order valence-corrected chi connectivity index (χ1v) is 8.93. The maximum absolute atomic E-state index is 12.2. The molecule has 0 saturated carbocycles. The molecule has 0 aliphatic heterocycles. The number of allylic oxidation sites excluding steroid dienone is 1. The fourth-order valence-electron chi connectivity index (χ4n) is 2.15. The molecule has 0 bridgehead atoms. The summed E-state index contributed by atoms with van der Waals surface area (Å²) in [5.41, 5.74) is 7.89. The highest BCUT2D eigenvalue weighted by Gasteiger charge is 2.08. The van der Waals surface area contributed by atoms with Crippen LogP contribution in [0.25, 0.3) is 0 Å². The minimum atomic E-state index is -0.331. The Hall–Kier alpha value is -2.55. The Morgan fingerprint density at radius 1 is 1.08 bits per heavy atom. The van der Waals surface area contributed by atoms with Crippen LogP contribution in [-0.4, -0.2) is 18.9 Å².